The van der Waals surface area contributed by atoms with E-state index in [0.717, 1.165) is 22.2 Å². The van der Waals surface area contributed by atoms with Crippen LogP contribution >= 0.6 is 0 Å². The van der Waals surface area contributed by atoms with Gasteiger partial charge in [-0.05, 0) is 24.3 Å². The molecule has 0 saturated carbocycles. The maximum absolute atomic E-state index is 12.4. The number of anilines is 1. The maximum Gasteiger partial charge on any atom is 0.262 e. The van der Waals surface area contributed by atoms with Crippen LogP contribution < -0.4 is 14.8 Å². The van der Waals surface area contributed by atoms with Crippen LogP contribution in [0.2, 0.25) is 0 Å². The highest BCUT2D eigenvalue weighted by Gasteiger charge is 2.12. The van der Waals surface area contributed by atoms with Crippen molar-refractivity contribution in [2.45, 2.75) is 0 Å². The minimum Gasteiger partial charge on any atom is -0.495 e. The summed E-state index contributed by atoms with van der Waals surface area (Å²) in [7, 11) is 1.57. The van der Waals surface area contributed by atoms with E-state index in [1.54, 1.807) is 19.2 Å². The second kappa shape index (κ2) is 8.44. The number of nitrogens with zero attached hydrogens (tertiary/aromatic N) is 1. The van der Waals surface area contributed by atoms with Crippen molar-refractivity contribution in [1.82, 2.24) is 4.98 Å². The molecule has 0 saturated heterocycles. The van der Waals surface area contributed by atoms with Gasteiger partial charge < -0.3 is 14.8 Å². The number of nitrogens with one attached hydrogen (secondary N) is 1. The third kappa shape index (κ3) is 4.19. The molecule has 1 heterocycles. The summed E-state index contributed by atoms with van der Waals surface area (Å²) < 4.78 is 11.2. The zero-order chi connectivity index (χ0) is 20.1. The van der Waals surface area contributed by atoms with Crippen molar-refractivity contribution in [3.05, 3.63) is 84.9 Å². The molecule has 5 nitrogen and oxygen atoms in total. The number of amides is 1. The Balaban J connectivity index is 1.58. The van der Waals surface area contributed by atoms with Gasteiger partial charge in [0.1, 0.15) is 11.5 Å². The van der Waals surface area contributed by atoms with E-state index in [9.17, 15) is 4.79 Å². The largest absolute Gasteiger partial charge is 0.495 e. The average molecular weight is 384 g/mol. The van der Waals surface area contributed by atoms with E-state index in [0.29, 0.717) is 17.2 Å². The Labute approximate surface area is 168 Å². The molecule has 144 valence electrons. The van der Waals surface area contributed by atoms with Crippen LogP contribution in [0.25, 0.3) is 22.2 Å². The number of aromatic nitrogens is 1. The average Bonchev–Trinajstić information content (AvgIpc) is 2.78. The number of fused-ring (bicyclic) bond motifs is 1. The summed E-state index contributed by atoms with van der Waals surface area (Å²) in [4.78, 5) is 17.2. The first-order valence-electron chi connectivity index (χ1n) is 9.25. The Bertz CT molecular complexity index is 1140. The molecule has 4 rings (SSSR count). The van der Waals surface area contributed by atoms with E-state index in [1.165, 1.54) is 0 Å². The van der Waals surface area contributed by atoms with Gasteiger partial charge in [-0.2, -0.15) is 0 Å². The predicted molar refractivity (Wildman–Crippen MR) is 114 cm³/mol. The first-order chi connectivity index (χ1) is 14.2. The third-order valence-electron chi connectivity index (χ3n) is 4.49. The second-order valence-electron chi connectivity index (χ2n) is 6.43. The van der Waals surface area contributed by atoms with Crippen LogP contribution in [0.5, 0.6) is 11.5 Å². The number of pyridine rings is 1. The number of methoxy groups -OCH3 is 1. The van der Waals surface area contributed by atoms with Crippen LogP contribution in [0.4, 0.5) is 5.69 Å². The summed E-state index contributed by atoms with van der Waals surface area (Å²) in [6.07, 6.45) is 0. The number of ether oxygens (including phenoxy) is 2. The zero-order valence-corrected chi connectivity index (χ0v) is 16.0. The van der Waals surface area contributed by atoms with E-state index in [-0.39, 0.29) is 12.5 Å². The lowest BCUT2D eigenvalue weighted by atomic mass is 10.1. The van der Waals surface area contributed by atoms with Gasteiger partial charge in [0.05, 0.1) is 24.0 Å². The number of hydrogen-bond donors (Lipinski definition) is 1. The molecule has 0 atom stereocenters. The van der Waals surface area contributed by atoms with E-state index in [2.05, 4.69) is 5.32 Å². The first-order valence-corrected chi connectivity index (χ1v) is 9.25. The van der Waals surface area contributed by atoms with Crippen LogP contribution in [0, 0.1) is 0 Å². The van der Waals surface area contributed by atoms with Crippen LogP contribution in [0.15, 0.2) is 84.9 Å². The minimum absolute atomic E-state index is 0.125. The Kier molecular flexibility index (Phi) is 5.38. The van der Waals surface area contributed by atoms with Crippen molar-refractivity contribution in [1.29, 1.82) is 0 Å². The fraction of sp³-hybridized carbons (Fsp3) is 0.0833. The first kappa shape index (κ1) is 18.5. The minimum atomic E-state index is -0.267. The molecule has 29 heavy (non-hydrogen) atoms. The van der Waals surface area contributed by atoms with Gasteiger partial charge in [0, 0.05) is 17.0 Å². The van der Waals surface area contributed by atoms with Crippen LogP contribution in [0.1, 0.15) is 0 Å². The normalized spacial score (nSPS) is 10.5. The van der Waals surface area contributed by atoms with Gasteiger partial charge in [-0.1, -0.05) is 54.6 Å². The summed E-state index contributed by atoms with van der Waals surface area (Å²) in [6.45, 7) is -0.125. The van der Waals surface area contributed by atoms with Crippen molar-refractivity contribution in [3.63, 3.8) is 0 Å². The highest BCUT2D eigenvalue weighted by atomic mass is 16.5. The van der Waals surface area contributed by atoms with E-state index in [1.807, 2.05) is 72.8 Å². The monoisotopic (exact) mass is 384 g/mol. The summed E-state index contributed by atoms with van der Waals surface area (Å²) in [5.41, 5.74) is 3.20. The molecular formula is C24H20N2O3. The number of hydrogen-bond acceptors (Lipinski definition) is 4. The molecular weight excluding hydrogens is 364 g/mol. The number of rotatable bonds is 6. The Hall–Kier alpha value is -3.86. The standard InChI is InChI=1S/C24H20N2O3/c1-28-22-14-8-7-13-20(22)26-24(27)16-29-23-15-21(17-9-3-2-4-10-17)25-19-12-6-5-11-18(19)23/h2-15H,16H2,1H3,(H,26,27). The molecule has 0 unspecified atom stereocenters. The fourth-order valence-corrected chi connectivity index (χ4v) is 3.10. The van der Waals surface area contributed by atoms with Crippen molar-refractivity contribution in [3.8, 4) is 22.8 Å². The quantitative estimate of drug-likeness (QED) is 0.512. The SMILES string of the molecule is COc1ccccc1NC(=O)COc1cc(-c2ccccc2)nc2ccccc12. The Morgan fingerprint density at radius 3 is 2.45 bits per heavy atom. The summed E-state index contributed by atoms with van der Waals surface area (Å²) in [5, 5.41) is 3.68. The Morgan fingerprint density at radius 1 is 0.897 bits per heavy atom. The molecule has 0 bridgehead atoms. The van der Waals surface area contributed by atoms with E-state index >= 15 is 0 Å². The molecule has 0 aliphatic heterocycles. The molecule has 1 N–H and O–H groups in total. The van der Waals surface area contributed by atoms with E-state index in [4.69, 9.17) is 14.5 Å². The van der Waals surface area contributed by atoms with Crippen molar-refractivity contribution >= 4 is 22.5 Å². The highest BCUT2D eigenvalue weighted by molar-refractivity contribution is 5.94. The maximum atomic E-state index is 12.4. The number of para-hydroxylation sites is 3. The van der Waals surface area contributed by atoms with Gasteiger partial charge in [0.2, 0.25) is 0 Å². The van der Waals surface area contributed by atoms with Crippen LogP contribution in [0.3, 0.4) is 0 Å². The lowest BCUT2D eigenvalue weighted by Gasteiger charge is -2.13. The molecule has 4 aromatic rings. The fourth-order valence-electron chi connectivity index (χ4n) is 3.10. The smallest absolute Gasteiger partial charge is 0.262 e. The lowest BCUT2D eigenvalue weighted by molar-refractivity contribution is -0.118. The van der Waals surface area contributed by atoms with Crippen LogP contribution in [-0.2, 0) is 4.79 Å². The van der Waals surface area contributed by atoms with Crippen LogP contribution in [-0.4, -0.2) is 24.6 Å². The zero-order valence-electron chi connectivity index (χ0n) is 16.0. The second-order valence-corrected chi connectivity index (χ2v) is 6.43. The van der Waals surface area contributed by atoms with Gasteiger partial charge in [-0.3, -0.25) is 4.79 Å². The molecule has 0 aliphatic rings. The summed E-state index contributed by atoms with van der Waals surface area (Å²) >= 11 is 0. The topological polar surface area (TPSA) is 60.5 Å². The van der Waals surface area contributed by atoms with Gasteiger partial charge in [0.25, 0.3) is 5.91 Å². The highest BCUT2D eigenvalue weighted by Crippen LogP contribution is 2.30. The number of carbonyl (C=O) groups excluding carboxylic acids is 1. The van der Waals surface area contributed by atoms with Crippen molar-refractivity contribution < 1.29 is 14.3 Å². The molecule has 0 aliphatic carbocycles. The molecule has 3 aromatic carbocycles. The summed E-state index contributed by atoms with van der Waals surface area (Å²) in [5.74, 6) is 0.947. The number of benzene rings is 3. The van der Waals surface area contributed by atoms with Crippen molar-refractivity contribution in [2.75, 3.05) is 19.0 Å². The molecule has 0 spiro atoms. The number of carbonyl (C=O) groups is 1. The molecule has 0 radical (unpaired) electrons. The van der Waals surface area contributed by atoms with E-state index < -0.39 is 0 Å². The molecule has 1 amide bonds. The van der Waals surface area contributed by atoms with Gasteiger partial charge >= 0.3 is 0 Å². The lowest BCUT2D eigenvalue weighted by Crippen LogP contribution is -2.20. The molecule has 1 aromatic heterocycles. The Morgan fingerprint density at radius 2 is 1.62 bits per heavy atom. The van der Waals surface area contributed by atoms with Gasteiger partial charge in [-0.25, -0.2) is 4.98 Å². The third-order valence-corrected chi connectivity index (χ3v) is 4.49. The molecule has 5 heteroatoms. The van der Waals surface area contributed by atoms with Gasteiger partial charge in [0.15, 0.2) is 6.61 Å². The predicted octanol–water partition coefficient (Wildman–Crippen LogP) is 4.93. The van der Waals surface area contributed by atoms with Gasteiger partial charge in [-0.15, -0.1) is 0 Å². The summed E-state index contributed by atoms with van der Waals surface area (Å²) in [6, 6.07) is 26.7. The van der Waals surface area contributed by atoms with Crippen molar-refractivity contribution in [2.24, 2.45) is 0 Å². The molecule has 0 fully saturated rings.